The summed E-state index contributed by atoms with van der Waals surface area (Å²) in [5.41, 5.74) is 8.86. The van der Waals surface area contributed by atoms with Crippen molar-refractivity contribution < 1.29 is 9.63 Å². The second-order valence-corrected chi connectivity index (χ2v) is 5.93. The maximum atomic E-state index is 11.9. The van der Waals surface area contributed by atoms with Crippen molar-refractivity contribution in [2.24, 2.45) is 10.9 Å². The first kappa shape index (κ1) is 17.0. The van der Waals surface area contributed by atoms with Crippen LogP contribution in [0, 0.1) is 0 Å². The Morgan fingerprint density at radius 3 is 2.70 bits per heavy atom. The normalized spacial score (nSPS) is 12.7. The zero-order valence-electron chi connectivity index (χ0n) is 13.3. The molecule has 2 aromatic rings. The molecule has 6 heteroatoms. The molecule has 0 saturated carbocycles. The second-order valence-electron chi connectivity index (χ2n) is 5.15. The zero-order chi connectivity index (χ0) is 16.7. The summed E-state index contributed by atoms with van der Waals surface area (Å²) in [5.74, 6) is 0.0289. The average Bonchev–Trinajstić information content (AvgIpc) is 3.09. The fourth-order valence-electron chi connectivity index (χ4n) is 2.03. The lowest BCUT2D eigenvalue weighted by Gasteiger charge is -2.14. The highest BCUT2D eigenvalue weighted by atomic mass is 32.1. The quantitative estimate of drug-likeness (QED) is 0.465. The van der Waals surface area contributed by atoms with Crippen LogP contribution >= 0.6 is 11.3 Å². The minimum Gasteiger partial charge on any atom is -0.384 e. The number of nitrogens with two attached hydrogens (primary N) is 1. The number of amidine groups is 1. The highest BCUT2D eigenvalue weighted by molar-refractivity contribution is 7.08. The van der Waals surface area contributed by atoms with E-state index in [1.165, 1.54) is 16.9 Å². The molecular formula is C17H21N3O2S. The third-order valence-corrected chi connectivity index (χ3v) is 4.12. The van der Waals surface area contributed by atoms with Crippen LogP contribution in [0.1, 0.15) is 36.6 Å². The van der Waals surface area contributed by atoms with E-state index in [1.807, 2.05) is 35.9 Å². The molecule has 0 spiro atoms. The molecule has 0 fully saturated rings. The number of hydrogen-bond donors (Lipinski definition) is 2. The van der Waals surface area contributed by atoms with Crippen LogP contribution < -0.4 is 11.1 Å². The van der Waals surface area contributed by atoms with Crippen molar-refractivity contribution in [1.82, 2.24) is 5.32 Å². The van der Waals surface area contributed by atoms with Gasteiger partial charge in [0.25, 0.3) is 5.91 Å². The molecule has 2 rings (SSSR count). The number of aryl methyl sites for hydroxylation is 1. The highest BCUT2D eigenvalue weighted by Gasteiger charge is 2.10. The number of carbonyl (C=O) groups is 1. The van der Waals surface area contributed by atoms with Crippen LogP contribution in [0.5, 0.6) is 0 Å². The maximum Gasteiger partial charge on any atom is 0.261 e. The molecule has 1 aromatic carbocycles. The molecule has 122 valence electrons. The Kier molecular flexibility index (Phi) is 6.17. The van der Waals surface area contributed by atoms with Crippen LogP contribution in [0.25, 0.3) is 0 Å². The smallest absolute Gasteiger partial charge is 0.261 e. The molecule has 0 radical (unpaired) electrons. The third-order valence-electron chi connectivity index (χ3n) is 3.44. The van der Waals surface area contributed by atoms with Gasteiger partial charge in [-0.05, 0) is 35.9 Å². The van der Waals surface area contributed by atoms with E-state index in [0.29, 0.717) is 0 Å². The van der Waals surface area contributed by atoms with Gasteiger partial charge in [0.15, 0.2) is 12.4 Å². The van der Waals surface area contributed by atoms with Gasteiger partial charge in [0.1, 0.15) is 0 Å². The molecule has 3 N–H and O–H groups in total. The van der Waals surface area contributed by atoms with E-state index in [2.05, 4.69) is 29.5 Å². The van der Waals surface area contributed by atoms with Crippen molar-refractivity contribution >= 4 is 23.1 Å². The van der Waals surface area contributed by atoms with Gasteiger partial charge in [-0.25, -0.2) is 0 Å². The standard InChI is InChI=1S/C17H21N3O2S/c1-3-13-4-6-14(7-5-13)12(2)19-16(21)10-22-20-17(18)15-8-9-23-11-15/h4-9,11-12H,3,10H2,1-2H3,(H2,18,20)(H,19,21). The van der Waals surface area contributed by atoms with Gasteiger partial charge >= 0.3 is 0 Å². The van der Waals surface area contributed by atoms with Crippen LogP contribution in [0.3, 0.4) is 0 Å². The maximum absolute atomic E-state index is 11.9. The first-order valence-corrected chi connectivity index (χ1v) is 8.40. The van der Waals surface area contributed by atoms with E-state index >= 15 is 0 Å². The van der Waals surface area contributed by atoms with Crippen molar-refractivity contribution in [2.45, 2.75) is 26.3 Å². The average molecular weight is 331 g/mol. The molecule has 1 unspecified atom stereocenters. The summed E-state index contributed by atoms with van der Waals surface area (Å²) in [6.07, 6.45) is 0.998. The molecule has 0 bridgehead atoms. The summed E-state index contributed by atoms with van der Waals surface area (Å²) in [6, 6.07) is 9.94. The number of thiophene rings is 1. The van der Waals surface area contributed by atoms with Crippen LogP contribution in [-0.4, -0.2) is 18.3 Å². The van der Waals surface area contributed by atoms with Crippen molar-refractivity contribution in [3.8, 4) is 0 Å². The summed E-state index contributed by atoms with van der Waals surface area (Å²) < 4.78 is 0. The van der Waals surface area contributed by atoms with Crippen molar-refractivity contribution in [3.05, 3.63) is 57.8 Å². The fourth-order valence-corrected chi connectivity index (χ4v) is 2.68. The Morgan fingerprint density at radius 1 is 1.35 bits per heavy atom. The molecule has 1 aromatic heterocycles. The zero-order valence-corrected chi connectivity index (χ0v) is 14.1. The van der Waals surface area contributed by atoms with Gasteiger partial charge in [-0.3, -0.25) is 4.79 Å². The molecule has 23 heavy (non-hydrogen) atoms. The molecule has 0 saturated heterocycles. The second kappa shape index (κ2) is 8.33. The van der Waals surface area contributed by atoms with Crippen molar-refractivity contribution in [3.63, 3.8) is 0 Å². The van der Waals surface area contributed by atoms with E-state index < -0.39 is 0 Å². The van der Waals surface area contributed by atoms with Crippen LogP contribution in [0.4, 0.5) is 0 Å². The summed E-state index contributed by atoms with van der Waals surface area (Å²) in [6.45, 7) is 3.88. The number of nitrogens with one attached hydrogen (secondary N) is 1. The molecule has 1 heterocycles. The van der Waals surface area contributed by atoms with E-state index in [9.17, 15) is 4.79 Å². The molecule has 0 aliphatic rings. The molecule has 0 aliphatic heterocycles. The predicted molar refractivity (Wildman–Crippen MR) is 93.4 cm³/mol. The number of carbonyl (C=O) groups excluding carboxylic acids is 1. The molecular weight excluding hydrogens is 310 g/mol. The Hall–Kier alpha value is -2.34. The van der Waals surface area contributed by atoms with E-state index in [-0.39, 0.29) is 24.4 Å². The van der Waals surface area contributed by atoms with Gasteiger partial charge in [-0.1, -0.05) is 36.3 Å². The minimum atomic E-state index is -0.237. The van der Waals surface area contributed by atoms with E-state index in [0.717, 1.165) is 17.5 Å². The van der Waals surface area contributed by atoms with Crippen LogP contribution in [0.15, 0.2) is 46.2 Å². The molecule has 0 aliphatic carbocycles. The lowest BCUT2D eigenvalue weighted by Crippen LogP contribution is -2.30. The lowest BCUT2D eigenvalue weighted by atomic mass is 10.1. The fraction of sp³-hybridized carbons (Fsp3) is 0.294. The summed E-state index contributed by atoms with van der Waals surface area (Å²) in [7, 11) is 0. The first-order chi connectivity index (χ1) is 11.1. The number of nitrogens with zero attached hydrogens (tertiary/aromatic N) is 1. The molecule has 5 nitrogen and oxygen atoms in total. The monoisotopic (exact) mass is 331 g/mol. The van der Waals surface area contributed by atoms with Gasteiger partial charge in [0.2, 0.25) is 0 Å². The van der Waals surface area contributed by atoms with Crippen LogP contribution in [0.2, 0.25) is 0 Å². The van der Waals surface area contributed by atoms with Crippen molar-refractivity contribution in [1.29, 1.82) is 0 Å². The number of hydrogen-bond acceptors (Lipinski definition) is 4. The Morgan fingerprint density at radius 2 is 2.09 bits per heavy atom. The van der Waals surface area contributed by atoms with Crippen LogP contribution in [-0.2, 0) is 16.1 Å². The predicted octanol–water partition coefficient (Wildman–Crippen LogP) is 2.82. The molecule has 1 atom stereocenters. The Bertz CT molecular complexity index is 651. The lowest BCUT2D eigenvalue weighted by molar-refractivity contribution is -0.126. The van der Waals surface area contributed by atoms with Gasteiger partial charge in [-0.2, -0.15) is 11.3 Å². The Labute approximate surface area is 140 Å². The number of rotatable bonds is 7. The molecule has 1 amide bonds. The van der Waals surface area contributed by atoms with Gasteiger partial charge in [0.05, 0.1) is 6.04 Å². The number of oxime groups is 1. The Balaban J connectivity index is 1.80. The highest BCUT2D eigenvalue weighted by Crippen LogP contribution is 2.13. The first-order valence-electron chi connectivity index (χ1n) is 7.46. The summed E-state index contributed by atoms with van der Waals surface area (Å²) >= 11 is 1.52. The third kappa shape index (κ3) is 5.10. The SMILES string of the molecule is CCc1ccc(C(C)NC(=O)CO/N=C(\N)c2ccsc2)cc1. The van der Waals surface area contributed by atoms with Gasteiger partial charge < -0.3 is 15.9 Å². The topological polar surface area (TPSA) is 76.7 Å². The minimum absolute atomic E-state index is 0.0878. The van der Waals surface area contributed by atoms with Gasteiger partial charge in [-0.15, -0.1) is 0 Å². The number of benzene rings is 1. The number of amides is 1. The largest absolute Gasteiger partial charge is 0.384 e. The van der Waals surface area contributed by atoms with Gasteiger partial charge in [0, 0.05) is 10.9 Å². The van der Waals surface area contributed by atoms with E-state index in [4.69, 9.17) is 10.6 Å². The van der Waals surface area contributed by atoms with E-state index in [1.54, 1.807) is 0 Å². The summed E-state index contributed by atoms with van der Waals surface area (Å²) in [4.78, 5) is 16.9. The summed E-state index contributed by atoms with van der Waals surface area (Å²) in [5, 5.41) is 10.4. The van der Waals surface area contributed by atoms with Crippen molar-refractivity contribution in [2.75, 3.05) is 6.61 Å².